The Hall–Kier alpha value is -2.89. The molecule has 2 aromatic carbocycles. The maximum Gasteiger partial charge on any atom is 0.253 e. The van der Waals surface area contributed by atoms with Crippen LogP contribution >= 0.6 is 0 Å². The van der Waals surface area contributed by atoms with E-state index in [4.69, 9.17) is 0 Å². The van der Waals surface area contributed by atoms with Gasteiger partial charge in [0.1, 0.15) is 0 Å². The summed E-state index contributed by atoms with van der Waals surface area (Å²) in [5.74, 6) is -1.10. The van der Waals surface area contributed by atoms with Gasteiger partial charge in [-0.15, -0.1) is 0 Å². The minimum atomic E-state index is -0.677. The highest BCUT2D eigenvalue weighted by atomic mass is 19.1. The third-order valence-electron chi connectivity index (χ3n) is 5.37. The Morgan fingerprint density at radius 2 is 1.82 bits per heavy atom. The number of amides is 2. The van der Waals surface area contributed by atoms with Gasteiger partial charge in [0.2, 0.25) is 5.91 Å². The summed E-state index contributed by atoms with van der Waals surface area (Å²) in [6, 6.07) is 11.4. The summed E-state index contributed by atoms with van der Waals surface area (Å²) >= 11 is 0. The van der Waals surface area contributed by atoms with Gasteiger partial charge in [-0.2, -0.15) is 0 Å². The number of carbonyl (C=O) groups excluding carboxylic acids is 2. The fraction of sp³-hybridized carbons (Fsp3) is 0.364. The smallest absolute Gasteiger partial charge is 0.253 e. The standard InChI is InChI=1S/C22H25FN2O3/c1-3-21(27)24-17-9-10-18(13-17)25(2)22(28)15-6-4-14(5-7-15)16-8-11-20(26)19(23)12-16/h4-8,11-12,17-18,26H,3,9-10,13H2,1-2H3,(H,24,27)/t17-,18+/m0/s1. The van der Waals surface area contributed by atoms with Crippen molar-refractivity contribution >= 4 is 11.8 Å². The van der Waals surface area contributed by atoms with Crippen molar-refractivity contribution in [2.45, 2.75) is 44.7 Å². The van der Waals surface area contributed by atoms with Crippen LogP contribution in [0.2, 0.25) is 0 Å². The molecule has 0 saturated heterocycles. The van der Waals surface area contributed by atoms with Crippen LogP contribution in [0.25, 0.3) is 11.1 Å². The summed E-state index contributed by atoms with van der Waals surface area (Å²) < 4.78 is 13.5. The largest absolute Gasteiger partial charge is 0.505 e. The Kier molecular flexibility index (Phi) is 5.97. The van der Waals surface area contributed by atoms with Crippen LogP contribution in [-0.2, 0) is 4.79 Å². The molecule has 6 heteroatoms. The van der Waals surface area contributed by atoms with Crippen molar-refractivity contribution in [3.63, 3.8) is 0 Å². The summed E-state index contributed by atoms with van der Waals surface area (Å²) in [6.45, 7) is 1.83. The van der Waals surface area contributed by atoms with Crippen molar-refractivity contribution in [3.8, 4) is 16.9 Å². The summed E-state index contributed by atoms with van der Waals surface area (Å²) in [5, 5.41) is 12.3. The second kappa shape index (κ2) is 8.42. The molecule has 0 radical (unpaired) electrons. The summed E-state index contributed by atoms with van der Waals surface area (Å²) in [7, 11) is 1.79. The van der Waals surface area contributed by atoms with E-state index in [0.29, 0.717) is 17.5 Å². The first-order valence-electron chi connectivity index (χ1n) is 9.54. The summed E-state index contributed by atoms with van der Waals surface area (Å²) in [6.07, 6.45) is 2.97. The molecule has 28 heavy (non-hydrogen) atoms. The molecule has 2 aromatic rings. The summed E-state index contributed by atoms with van der Waals surface area (Å²) in [5.41, 5.74) is 1.96. The molecule has 148 valence electrons. The van der Waals surface area contributed by atoms with Gasteiger partial charge in [0.05, 0.1) is 0 Å². The van der Waals surface area contributed by atoms with Crippen molar-refractivity contribution in [3.05, 3.63) is 53.8 Å². The van der Waals surface area contributed by atoms with E-state index in [9.17, 15) is 19.1 Å². The number of halogens is 1. The van der Waals surface area contributed by atoms with Gasteiger partial charge in [0, 0.05) is 31.1 Å². The lowest BCUT2D eigenvalue weighted by molar-refractivity contribution is -0.121. The SMILES string of the molecule is CCC(=O)N[C@H]1CC[C@@H](N(C)C(=O)c2ccc(-c3ccc(O)c(F)c3)cc2)C1. The number of hydrogen-bond acceptors (Lipinski definition) is 3. The molecule has 0 spiro atoms. The molecule has 2 atom stereocenters. The Balaban J connectivity index is 1.65. The highest BCUT2D eigenvalue weighted by Crippen LogP contribution is 2.27. The zero-order chi connectivity index (χ0) is 20.3. The topological polar surface area (TPSA) is 69.6 Å². The van der Waals surface area contributed by atoms with Gasteiger partial charge < -0.3 is 15.3 Å². The van der Waals surface area contributed by atoms with E-state index < -0.39 is 5.82 Å². The molecular weight excluding hydrogens is 359 g/mol. The van der Waals surface area contributed by atoms with Crippen LogP contribution in [0.5, 0.6) is 5.75 Å². The number of aromatic hydroxyl groups is 1. The number of hydrogen-bond donors (Lipinski definition) is 2. The zero-order valence-corrected chi connectivity index (χ0v) is 16.1. The number of phenols is 1. The average molecular weight is 384 g/mol. The first-order chi connectivity index (χ1) is 13.4. The minimum absolute atomic E-state index is 0.0425. The predicted octanol–water partition coefficient (Wildman–Crippen LogP) is 3.72. The number of carbonyl (C=O) groups is 2. The number of phenolic OH excluding ortho intramolecular Hbond substituents is 1. The monoisotopic (exact) mass is 384 g/mol. The molecule has 1 aliphatic rings. The van der Waals surface area contributed by atoms with E-state index in [-0.39, 0.29) is 29.6 Å². The van der Waals surface area contributed by atoms with Crippen molar-refractivity contribution in [1.82, 2.24) is 10.2 Å². The molecule has 0 aromatic heterocycles. The molecule has 0 heterocycles. The van der Waals surface area contributed by atoms with Gasteiger partial charge in [-0.1, -0.05) is 25.1 Å². The van der Waals surface area contributed by atoms with E-state index in [1.807, 2.05) is 6.92 Å². The Labute approximate surface area is 164 Å². The molecule has 3 rings (SSSR count). The first kappa shape index (κ1) is 19.9. The van der Waals surface area contributed by atoms with E-state index in [1.54, 1.807) is 42.3 Å². The molecule has 0 unspecified atom stereocenters. The maximum atomic E-state index is 13.5. The number of nitrogens with one attached hydrogen (secondary N) is 1. The molecular formula is C22H25FN2O3. The van der Waals surface area contributed by atoms with Crippen molar-refractivity contribution in [1.29, 1.82) is 0 Å². The molecule has 1 saturated carbocycles. The second-order valence-electron chi connectivity index (χ2n) is 7.24. The van der Waals surface area contributed by atoms with Crippen LogP contribution in [-0.4, -0.2) is 41.0 Å². The molecule has 5 nitrogen and oxygen atoms in total. The van der Waals surface area contributed by atoms with Crippen molar-refractivity contribution in [2.24, 2.45) is 0 Å². The van der Waals surface area contributed by atoms with Crippen LogP contribution < -0.4 is 5.32 Å². The molecule has 2 amide bonds. The molecule has 1 aliphatic carbocycles. The normalized spacial score (nSPS) is 18.7. The molecule has 1 fully saturated rings. The fourth-order valence-electron chi connectivity index (χ4n) is 3.63. The van der Waals surface area contributed by atoms with Crippen molar-refractivity contribution < 1.29 is 19.1 Å². The minimum Gasteiger partial charge on any atom is -0.505 e. The first-order valence-corrected chi connectivity index (χ1v) is 9.54. The van der Waals surface area contributed by atoms with Gasteiger partial charge in [-0.25, -0.2) is 4.39 Å². The van der Waals surface area contributed by atoms with E-state index >= 15 is 0 Å². The molecule has 2 N–H and O–H groups in total. The van der Waals surface area contributed by atoms with Crippen LogP contribution in [0.3, 0.4) is 0 Å². The van der Waals surface area contributed by atoms with E-state index in [2.05, 4.69) is 5.32 Å². The average Bonchev–Trinajstić information content (AvgIpc) is 3.17. The van der Waals surface area contributed by atoms with Crippen LogP contribution in [0, 0.1) is 5.82 Å². The third-order valence-corrected chi connectivity index (χ3v) is 5.37. The maximum absolute atomic E-state index is 13.5. The second-order valence-corrected chi connectivity index (χ2v) is 7.24. The van der Waals surface area contributed by atoms with Gasteiger partial charge >= 0.3 is 0 Å². The molecule has 0 bridgehead atoms. The number of rotatable bonds is 5. The fourth-order valence-corrected chi connectivity index (χ4v) is 3.63. The lowest BCUT2D eigenvalue weighted by Gasteiger charge is -2.25. The van der Waals surface area contributed by atoms with Gasteiger partial charge in [-0.3, -0.25) is 9.59 Å². The lowest BCUT2D eigenvalue weighted by atomic mass is 10.0. The molecule has 0 aliphatic heterocycles. The highest BCUT2D eigenvalue weighted by Gasteiger charge is 2.30. The lowest BCUT2D eigenvalue weighted by Crippen LogP contribution is -2.38. The summed E-state index contributed by atoms with van der Waals surface area (Å²) in [4.78, 5) is 26.1. The van der Waals surface area contributed by atoms with E-state index in [1.165, 1.54) is 12.1 Å². The predicted molar refractivity (Wildman–Crippen MR) is 105 cm³/mol. The Bertz CT molecular complexity index is 867. The highest BCUT2D eigenvalue weighted by molar-refractivity contribution is 5.94. The zero-order valence-electron chi connectivity index (χ0n) is 16.1. The number of nitrogens with zero attached hydrogens (tertiary/aromatic N) is 1. The number of benzene rings is 2. The van der Waals surface area contributed by atoms with Gasteiger partial charge in [0.25, 0.3) is 5.91 Å². The van der Waals surface area contributed by atoms with Gasteiger partial charge in [0.15, 0.2) is 11.6 Å². The van der Waals surface area contributed by atoms with Crippen LogP contribution in [0.4, 0.5) is 4.39 Å². The Morgan fingerprint density at radius 3 is 2.46 bits per heavy atom. The van der Waals surface area contributed by atoms with Gasteiger partial charge in [-0.05, 0) is 54.7 Å². The Morgan fingerprint density at radius 1 is 1.14 bits per heavy atom. The van der Waals surface area contributed by atoms with Crippen LogP contribution in [0.1, 0.15) is 43.0 Å². The van der Waals surface area contributed by atoms with E-state index in [0.717, 1.165) is 24.8 Å². The van der Waals surface area contributed by atoms with Crippen LogP contribution in [0.15, 0.2) is 42.5 Å². The van der Waals surface area contributed by atoms with Crippen molar-refractivity contribution in [2.75, 3.05) is 7.05 Å². The quantitative estimate of drug-likeness (QED) is 0.826. The third kappa shape index (κ3) is 4.32.